The van der Waals surface area contributed by atoms with Gasteiger partial charge >= 0.3 is 5.97 Å². The molecule has 0 aliphatic carbocycles. The number of carboxylic acids is 1. The quantitative estimate of drug-likeness (QED) is 0.686. The minimum Gasteiger partial charge on any atom is -0.478 e. The molecule has 5 heteroatoms. The predicted octanol–water partition coefficient (Wildman–Crippen LogP) is 4.80. The molecule has 0 bridgehead atoms. The fraction of sp³-hybridized carbons (Fsp3) is 0.0714. The van der Waals surface area contributed by atoms with Gasteiger partial charge in [-0.3, -0.25) is 0 Å². The van der Waals surface area contributed by atoms with Gasteiger partial charge in [-0.15, -0.1) is 0 Å². The van der Waals surface area contributed by atoms with E-state index in [1.54, 1.807) is 12.1 Å². The highest BCUT2D eigenvalue weighted by molar-refractivity contribution is 14.1. The average Bonchev–Trinajstić information content (AvgIpc) is 2.35. The zero-order valence-corrected chi connectivity index (χ0v) is 13.8. The number of halogens is 2. The van der Waals surface area contributed by atoms with Crippen molar-refractivity contribution < 1.29 is 9.90 Å². The summed E-state index contributed by atoms with van der Waals surface area (Å²) in [5.74, 6) is -0.937. The Morgan fingerprint density at radius 3 is 2.63 bits per heavy atom. The Bertz CT molecular complexity index is 643. The highest BCUT2D eigenvalue weighted by Gasteiger charge is 2.11. The summed E-state index contributed by atoms with van der Waals surface area (Å²) in [6.45, 7) is 1.87. The molecule has 19 heavy (non-hydrogen) atoms. The van der Waals surface area contributed by atoms with Gasteiger partial charge in [0, 0.05) is 8.04 Å². The zero-order chi connectivity index (χ0) is 14.0. The van der Waals surface area contributed by atoms with Crippen molar-refractivity contribution in [3.8, 4) is 0 Å². The number of aromatic carboxylic acids is 1. The van der Waals surface area contributed by atoms with Crippen LogP contribution in [0.5, 0.6) is 0 Å². The van der Waals surface area contributed by atoms with E-state index in [0.29, 0.717) is 5.69 Å². The molecule has 0 fully saturated rings. The van der Waals surface area contributed by atoms with Gasteiger partial charge in [-0.2, -0.15) is 0 Å². The maximum absolute atomic E-state index is 11.3. The number of benzene rings is 2. The molecule has 0 atom stereocenters. The lowest BCUT2D eigenvalue weighted by molar-refractivity contribution is 0.0698. The molecule has 0 saturated carbocycles. The van der Waals surface area contributed by atoms with E-state index in [0.717, 1.165) is 19.3 Å². The Morgan fingerprint density at radius 2 is 1.95 bits per heavy atom. The normalized spacial score (nSPS) is 10.3. The fourth-order valence-corrected chi connectivity index (χ4v) is 2.52. The maximum atomic E-state index is 11.3. The predicted molar refractivity (Wildman–Crippen MR) is 88.3 cm³/mol. The number of anilines is 2. The topological polar surface area (TPSA) is 49.3 Å². The number of aryl methyl sites for hydroxylation is 1. The van der Waals surface area contributed by atoms with Crippen molar-refractivity contribution in [1.82, 2.24) is 0 Å². The van der Waals surface area contributed by atoms with Crippen molar-refractivity contribution in [2.75, 3.05) is 5.32 Å². The van der Waals surface area contributed by atoms with Crippen LogP contribution in [-0.4, -0.2) is 11.1 Å². The van der Waals surface area contributed by atoms with Gasteiger partial charge in [0.25, 0.3) is 0 Å². The fourth-order valence-electron chi connectivity index (χ4n) is 1.68. The van der Waals surface area contributed by atoms with Crippen LogP contribution in [0.2, 0.25) is 0 Å². The van der Waals surface area contributed by atoms with E-state index in [4.69, 9.17) is 0 Å². The minimum absolute atomic E-state index is 0.269. The van der Waals surface area contributed by atoms with Crippen LogP contribution in [0.4, 0.5) is 11.4 Å². The molecular formula is C14H11BrINO2. The van der Waals surface area contributed by atoms with Crippen LogP contribution in [-0.2, 0) is 0 Å². The Kier molecular flexibility index (Phi) is 4.46. The van der Waals surface area contributed by atoms with Gasteiger partial charge in [0.05, 0.1) is 16.9 Å². The molecule has 0 unspecified atom stereocenters. The molecule has 2 aromatic rings. The van der Waals surface area contributed by atoms with Gasteiger partial charge in [0.2, 0.25) is 0 Å². The Labute approximate surface area is 133 Å². The molecule has 0 saturated heterocycles. The van der Waals surface area contributed by atoms with Crippen LogP contribution >= 0.6 is 38.5 Å². The Morgan fingerprint density at radius 1 is 1.21 bits per heavy atom. The number of carbonyl (C=O) groups is 1. The summed E-state index contributed by atoms with van der Waals surface area (Å²) >= 11 is 5.67. The molecule has 0 aromatic heterocycles. The number of hydrogen-bond acceptors (Lipinski definition) is 2. The van der Waals surface area contributed by atoms with Gasteiger partial charge in [0.1, 0.15) is 0 Å². The lowest BCUT2D eigenvalue weighted by Gasteiger charge is -2.12. The van der Waals surface area contributed by atoms with Crippen molar-refractivity contribution >= 4 is 55.9 Å². The van der Waals surface area contributed by atoms with Crippen LogP contribution in [0.1, 0.15) is 15.9 Å². The highest BCUT2D eigenvalue weighted by atomic mass is 127. The van der Waals surface area contributed by atoms with Gasteiger partial charge in [-0.05, 0) is 75.8 Å². The number of nitrogens with one attached hydrogen (secondary N) is 1. The number of carboxylic acid groups (broad SMARTS) is 1. The summed E-state index contributed by atoms with van der Waals surface area (Å²) in [7, 11) is 0. The Balaban J connectivity index is 2.43. The molecule has 0 spiro atoms. The van der Waals surface area contributed by atoms with Gasteiger partial charge in [0.15, 0.2) is 0 Å². The van der Waals surface area contributed by atoms with Crippen LogP contribution < -0.4 is 5.32 Å². The van der Waals surface area contributed by atoms with Crippen LogP contribution in [0.3, 0.4) is 0 Å². The number of rotatable bonds is 3. The molecule has 2 rings (SSSR count). The summed E-state index contributed by atoms with van der Waals surface area (Å²) in [6, 6.07) is 11.2. The first kappa shape index (κ1) is 14.3. The van der Waals surface area contributed by atoms with Crippen LogP contribution in [0, 0.1) is 10.5 Å². The Hall–Kier alpha value is -1.08. The highest BCUT2D eigenvalue weighted by Crippen LogP contribution is 2.29. The second-order valence-electron chi connectivity index (χ2n) is 4.10. The lowest BCUT2D eigenvalue weighted by Crippen LogP contribution is -2.03. The first-order chi connectivity index (χ1) is 8.97. The molecule has 2 aromatic carbocycles. The van der Waals surface area contributed by atoms with Gasteiger partial charge in [-0.1, -0.05) is 11.6 Å². The minimum atomic E-state index is -0.937. The summed E-state index contributed by atoms with van der Waals surface area (Å²) in [5, 5.41) is 12.4. The van der Waals surface area contributed by atoms with Gasteiger partial charge < -0.3 is 10.4 Å². The standard InChI is InChI=1S/C14H11BrINO2/c1-8-2-5-12(10(6-8)14(18)19)17-13-7-9(16)3-4-11(13)15/h2-7,17H,1H3,(H,18,19). The van der Waals surface area contributed by atoms with E-state index in [1.807, 2.05) is 31.2 Å². The summed E-state index contributed by atoms with van der Waals surface area (Å²) in [4.78, 5) is 11.3. The first-order valence-electron chi connectivity index (χ1n) is 5.53. The van der Waals surface area contributed by atoms with E-state index in [-0.39, 0.29) is 5.56 Å². The van der Waals surface area contributed by atoms with Crippen molar-refractivity contribution in [2.45, 2.75) is 6.92 Å². The smallest absolute Gasteiger partial charge is 0.337 e. The van der Waals surface area contributed by atoms with Crippen LogP contribution in [0.15, 0.2) is 40.9 Å². The zero-order valence-electron chi connectivity index (χ0n) is 10.1. The van der Waals surface area contributed by atoms with Crippen LogP contribution in [0.25, 0.3) is 0 Å². The number of hydrogen-bond donors (Lipinski definition) is 2. The molecule has 0 aliphatic heterocycles. The largest absolute Gasteiger partial charge is 0.478 e. The van der Waals surface area contributed by atoms with Crippen molar-refractivity contribution in [2.24, 2.45) is 0 Å². The summed E-state index contributed by atoms with van der Waals surface area (Å²) in [5.41, 5.74) is 2.62. The van der Waals surface area contributed by atoms with E-state index in [9.17, 15) is 9.90 Å². The first-order valence-corrected chi connectivity index (χ1v) is 7.40. The third-order valence-corrected chi connectivity index (χ3v) is 3.97. The van der Waals surface area contributed by atoms with E-state index in [2.05, 4.69) is 43.8 Å². The second-order valence-corrected chi connectivity index (χ2v) is 6.20. The van der Waals surface area contributed by atoms with Crippen molar-refractivity contribution in [1.29, 1.82) is 0 Å². The monoisotopic (exact) mass is 431 g/mol. The molecule has 0 radical (unpaired) electrons. The van der Waals surface area contributed by atoms with E-state index < -0.39 is 5.97 Å². The molecule has 0 amide bonds. The molecular weight excluding hydrogens is 421 g/mol. The van der Waals surface area contributed by atoms with Crippen molar-refractivity contribution in [3.05, 3.63) is 55.6 Å². The SMILES string of the molecule is Cc1ccc(Nc2cc(I)ccc2Br)c(C(=O)O)c1. The summed E-state index contributed by atoms with van der Waals surface area (Å²) < 4.78 is 1.97. The average molecular weight is 432 g/mol. The third kappa shape index (κ3) is 3.48. The molecule has 98 valence electrons. The molecule has 3 nitrogen and oxygen atoms in total. The third-order valence-electron chi connectivity index (χ3n) is 2.60. The molecule has 0 heterocycles. The van der Waals surface area contributed by atoms with Gasteiger partial charge in [-0.25, -0.2) is 4.79 Å². The molecule has 0 aliphatic rings. The summed E-state index contributed by atoms with van der Waals surface area (Å²) in [6.07, 6.45) is 0. The maximum Gasteiger partial charge on any atom is 0.337 e. The van der Waals surface area contributed by atoms with E-state index in [1.165, 1.54) is 0 Å². The van der Waals surface area contributed by atoms with E-state index >= 15 is 0 Å². The second kappa shape index (κ2) is 5.92. The van der Waals surface area contributed by atoms with Crippen molar-refractivity contribution in [3.63, 3.8) is 0 Å². The molecule has 2 N–H and O–H groups in total. The lowest BCUT2D eigenvalue weighted by atomic mass is 10.1.